The predicted molar refractivity (Wildman–Crippen MR) is 108 cm³/mol. The number of sulfonamides is 1. The third-order valence-electron chi connectivity index (χ3n) is 3.93. The van der Waals surface area contributed by atoms with E-state index in [1.54, 1.807) is 24.3 Å². The Morgan fingerprint density at radius 1 is 1.10 bits per heavy atom. The molecule has 0 heterocycles. The number of nitro benzene ring substituents is 1. The molecule has 9 nitrogen and oxygen atoms in total. The normalized spacial score (nSPS) is 11.3. The van der Waals surface area contributed by atoms with Crippen LogP contribution in [-0.2, 0) is 14.8 Å². The van der Waals surface area contributed by atoms with Gasteiger partial charge in [0.05, 0.1) is 26.2 Å². The van der Waals surface area contributed by atoms with Crippen molar-refractivity contribution in [3.8, 4) is 5.75 Å². The molecule has 0 aliphatic heterocycles. The summed E-state index contributed by atoms with van der Waals surface area (Å²) in [6.07, 6.45) is 0. The van der Waals surface area contributed by atoms with Gasteiger partial charge in [-0.3, -0.25) is 19.6 Å². The molecule has 0 amide bonds. The molecule has 3 aromatic carbocycles. The minimum atomic E-state index is -4.09. The molecule has 0 spiro atoms. The highest BCUT2D eigenvalue weighted by Crippen LogP contribution is 2.40. The molecule has 150 valence electrons. The predicted octanol–water partition coefficient (Wildman–Crippen LogP) is 3.43. The van der Waals surface area contributed by atoms with E-state index in [2.05, 4.69) is 4.72 Å². The molecule has 0 bridgehead atoms. The molecule has 3 N–H and O–H groups in total. The lowest BCUT2D eigenvalue weighted by Gasteiger charge is -2.14. The summed E-state index contributed by atoms with van der Waals surface area (Å²) in [7, 11) is -4.09. The number of nitrogens with one attached hydrogen (secondary N) is 1. The lowest BCUT2D eigenvalue weighted by atomic mass is 10.1. The number of hydrogen-bond donors (Lipinski definition) is 3. The van der Waals surface area contributed by atoms with Crippen LogP contribution in [0.5, 0.6) is 5.75 Å². The third kappa shape index (κ3) is 4.41. The van der Waals surface area contributed by atoms with Crippen molar-refractivity contribution in [1.29, 1.82) is 0 Å². The summed E-state index contributed by atoms with van der Waals surface area (Å²) >= 11 is 0.852. The van der Waals surface area contributed by atoms with Gasteiger partial charge in [-0.2, -0.15) is 0 Å². The number of phenols is 1. The largest absolute Gasteiger partial charge is 0.506 e. The van der Waals surface area contributed by atoms with Gasteiger partial charge in [-0.15, -0.1) is 11.8 Å². The molecule has 3 aromatic rings. The third-order valence-corrected chi connectivity index (χ3v) is 6.33. The van der Waals surface area contributed by atoms with Crippen molar-refractivity contribution in [2.24, 2.45) is 0 Å². The Kier molecular flexibility index (Phi) is 5.62. The molecule has 0 aliphatic rings. The maximum atomic E-state index is 12.7. The van der Waals surface area contributed by atoms with E-state index in [-0.39, 0.29) is 32.7 Å². The summed E-state index contributed by atoms with van der Waals surface area (Å²) in [4.78, 5) is 21.0. The van der Waals surface area contributed by atoms with Crippen LogP contribution in [0, 0.1) is 10.1 Å². The van der Waals surface area contributed by atoms with Crippen LogP contribution in [0.1, 0.15) is 0 Å². The fraction of sp³-hybridized carbons (Fsp3) is 0.0556. The van der Waals surface area contributed by atoms with E-state index in [9.17, 15) is 28.4 Å². The summed E-state index contributed by atoms with van der Waals surface area (Å²) in [5.74, 6) is -1.55. The van der Waals surface area contributed by atoms with E-state index in [1.807, 2.05) is 0 Å². The molecular formula is C18H14N2O7S2. The lowest BCUT2D eigenvalue weighted by molar-refractivity contribution is -0.384. The van der Waals surface area contributed by atoms with Gasteiger partial charge in [-0.25, -0.2) is 8.42 Å². The molecule has 11 heteroatoms. The first-order valence-electron chi connectivity index (χ1n) is 8.05. The van der Waals surface area contributed by atoms with Gasteiger partial charge in [0.25, 0.3) is 15.7 Å². The Morgan fingerprint density at radius 2 is 1.72 bits per heavy atom. The number of aliphatic carboxylic acids is 1. The van der Waals surface area contributed by atoms with E-state index >= 15 is 0 Å². The summed E-state index contributed by atoms with van der Waals surface area (Å²) in [6, 6.07) is 12.3. The highest BCUT2D eigenvalue weighted by atomic mass is 32.2. The van der Waals surface area contributed by atoms with Crippen molar-refractivity contribution >= 4 is 49.9 Å². The second-order valence-corrected chi connectivity index (χ2v) is 8.55. The molecular weight excluding hydrogens is 420 g/mol. The van der Waals surface area contributed by atoms with Crippen LogP contribution in [0.15, 0.2) is 64.4 Å². The number of nitro groups is 1. The number of carboxylic acid groups (broad SMARTS) is 1. The van der Waals surface area contributed by atoms with E-state index in [1.165, 1.54) is 6.07 Å². The van der Waals surface area contributed by atoms with Crippen LogP contribution in [0.3, 0.4) is 0 Å². The number of carboxylic acids is 1. The standard InChI is InChI=1S/C18H14N2O7S2/c21-17(22)10-28-16-9-15(13-3-1-2-4-14(13)18(16)23)19-29(26,27)12-7-5-11(6-8-12)20(24)25/h1-9,19,23H,10H2,(H,21,22). The zero-order chi connectivity index (χ0) is 21.2. The number of benzene rings is 3. The number of nitrogens with zero attached hydrogens (tertiary/aromatic N) is 1. The van der Waals surface area contributed by atoms with Gasteiger partial charge in [0.2, 0.25) is 0 Å². The zero-order valence-corrected chi connectivity index (χ0v) is 16.2. The molecule has 0 atom stereocenters. The number of fused-ring (bicyclic) bond motifs is 1. The Morgan fingerprint density at radius 3 is 2.31 bits per heavy atom. The van der Waals surface area contributed by atoms with Gasteiger partial charge in [-0.1, -0.05) is 24.3 Å². The van der Waals surface area contributed by atoms with Crippen molar-refractivity contribution < 1.29 is 28.3 Å². The number of carbonyl (C=O) groups is 1. The minimum absolute atomic E-state index is 0.143. The second-order valence-electron chi connectivity index (χ2n) is 5.86. The number of anilines is 1. The number of thioether (sulfide) groups is 1. The topological polar surface area (TPSA) is 147 Å². The lowest BCUT2D eigenvalue weighted by Crippen LogP contribution is -2.13. The highest BCUT2D eigenvalue weighted by molar-refractivity contribution is 8.00. The van der Waals surface area contributed by atoms with Crippen LogP contribution >= 0.6 is 11.8 Å². The first kappa shape index (κ1) is 20.4. The fourth-order valence-corrected chi connectivity index (χ4v) is 4.42. The van der Waals surface area contributed by atoms with Crippen LogP contribution < -0.4 is 4.72 Å². The number of phenolic OH excluding ortho intramolecular Hbond substituents is 1. The molecule has 0 aliphatic carbocycles. The monoisotopic (exact) mass is 434 g/mol. The first-order chi connectivity index (χ1) is 13.7. The smallest absolute Gasteiger partial charge is 0.313 e. The Hall–Kier alpha value is -3.31. The maximum Gasteiger partial charge on any atom is 0.313 e. The highest BCUT2D eigenvalue weighted by Gasteiger charge is 2.20. The SMILES string of the molecule is O=C(O)CSc1cc(NS(=O)(=O)c2ccc([N+](=O)[O-])cc2)c2ccccc2c1O. The van der Waals surface area contributed by atoms with Gasteiger partial charge >= 0.3 is 5.97 Å². The van der Waals surface area contributed by atoms with E-state index in [4.69, 9.17) is 5.11 Å². The van der Waals surface area contributed by atoms with Crippen molar-refractivity contribution in [2.45, 2.75) is 9.79 Å². The quantitative estimate of drug-likeness (QED) is 0.222. The molecule has 0 aromatic heterocycles. The van der Waals surface area contributed by atoms with Crippen LogP contribution in [0.4, 0.5) is 11.4 Å². The van der Waals surface area contributed by atoms with Crippen molar-refractivity contribution in [3.05, 3.63) is 64.7 Å². The fourth-order valence-electron chi connectivity index (χ4n) is 2.62. The van der Waals surface area contributed by atoms with E-state index < -0.39 is 20.9 Å². The summed E-state index contributed by atoms with van der Waals surface area (Å²) < 4.78 is 27.9. The molecule has 29 heavy (non-hydrogen) atoms. The first-order valence-corrected chi connectivity index (χ1v) is 10.5. The van der Waals surface area contributed by atoms with Crippen molar-refractivity contribution in [3.63, 3.8) is 0 Å². The number of hydrogen-bond acceptors (Lipinski definition) is 7. The van der Waals surface area contributed by atoms with Gasteiger partial charge in [0.1, 0.15) is 5.75 Å². The number of non-ortho nitro benzene ring substituents is 1. The Balaban J connectivity index is 2.05. The molecule has 0 saturated heterocycles. The van der Waals surface area contributed by atoms with E-state index in [0.717, 1.165) is 36.0 Å². The average molecular weight is 434 g/mol. The average Bonchev–Trinajstić information content (AvgIpc) is 2.69. The van der Waals surface area contributed by atoms with Crippen LogP contribution in [-0.4, -0.2) is 35.3 Å². The molecule has 0 radical (unpaired) electrons. The van der Waals surface area contributed by atoms with Crippen molar-refractivity contribution in [1.82, 2.24) is 0 Å². The molecule has 0 fully saturated rings. The van der Waals surface area contributed by atoms with Crippen molar-refractivity contribution in [2.75, 3.05) is 10.5 Å². The molecule has 0 saturated carbocycles. The van der Waals surface area contributed by atoms with Crippen LogP contribution in [0.25, 0.3) is 10.8 Å². The second kappa shape index (κ2) is 7.97. The summed E-state index contributed by atoms with van der Waals surface area (Å²) in [5, 5.41) is 30.8. The van der Waals surface area contributed by atoms with Gasteiger partial charge < -0.3 is 10.2 Å². The van der Waals surface area contributed by atoms with Gasteiger partial charge in [0.15, 0.2) is 0 Å². The van der Waals surface area contributed by atoms with Gasteiger partial charge in [0, 0.05) is 22.9 Å². The Bertz CT molecular complexity index is 1210. The summed E-state index contributed by atoms with van der Waals surface area (Å²) in [5.41, 5.74) is -0.101. The molecule has 0 unspecified atom stereocenters. The molecule has 3 rings (SSSR count). The minimum Gasteiger partial charge on any atom is -0.506 e. The number of aromatic hydroxyl groups is 1. The van der Waals surface area contributed by atoms with Gasteiger partial charge in [-0.05, 0) is 18.2 Å². The summed E-state index contributed by atoms with van der Waals surface area (Å²) in [6.45, 7) is 0. The number of rotatable bonds is 7. The van der Waals surface area contributed by atoms with E-state index in [0.29, 0.717) is 10.8 Å². The Labute approximate surface area is 169 Å². The van der Waals surface area contributed by atoms with Crippen LogP contribution in [0.2, 0.25) is 0 Å². The zero-order valence-electron chi connectivity index (χ0n) is 14.6. The maximum absolute atomic E-state index is 12.7.